The topological polar surface area (TPSA) is 67.6 Å². The zero-order valence-corrected chi connectivity index (χ0v) is 11.4. The minimum atomic E-state index is -0.578. The van der Waals surface area contributed by atoms with Crippen molar-refractivity contribution in [1.29, 1.82) is 0 Å². The second-order valence-corrected chi connectivity index (χ2v) is 5.77. The van der Waals surface area contributed by atoms with Crippen molar-refractivity contribution in [2.24, 2.45) is 5.73 Å². The highest BCUT2D eigenvalue weighted by Crippen LogP contribution is 2.26. The molecule has 0 aliphatic carbocycles. The lowest BCUT2D eigenvalue weighted by Crippen LogP contribution is -2.52. The van der Waals surface area contributed by atoms with E-state index in [9.17, 15) is 4.79 Å². The highest BCUT2D eigenvalue weighted by Gasteiger charge is 2.34. The van der Waals surface area contributed by atoms with Gasteiger partial charge in [0.25, 0.3) is 0 Å². The van der Waals surface area contributed by atoms with Crippen molar-refractivity contribution >= 4 is 5.91 Å². The predicted molar refractivity (Wildman–Crippen MR) is 70.2 cm³/mol. The summed E-state index contributed by atoms with van der Waals surface area (Å²) in [5, 5.41) is 3.03. The van der Waals surface area contributed by atoms with E-state index in [0.29, 0.717) is 12.2 Å². The van der Waals surface area contributed by atoms with Crippen molar-refractivity contribution in [3.63, 3.8) is 0 Å². The van der Waals surface area contributed by atoms with Gasteiger partial charge in [0.2, 0.25) is 5.91 Å². The average Bonchev–Trinajstić information content (AvgIpc) is 2.68. The number of hydrogen-bond donors (Lipinski definition) is 2. The molecule has 0 aromatic carbocycles. The Morgan fingerprint density at radius 3 is 2.56 bits per heavy atom. The summed E-state index contributed by atoms with van der Waals surface area (Å²) < 4.78 is 5.81. The minimum absolute atomic E-state index is 0.271. The normalized spacial score (nSPS) is 31.2. The van der Waals surface area contributed by atoms with Crippen LogP contribution in [-0.4, -0.2) is 55.2 Å². The maximum Gasteiger partial charge on any atom is 0.237 e. The van der Waals surface area contributed by atoms with Crippen LogP contribution in [0.4, 0.5) is 0 Å². The number of amides is 1. The second kappa shape index (κ2) is 5.55. The first-order valence-electron chi connectivity index (χ1n) is 6.90. The lowest BCUT2D eigenvalue weighted by molar-refractivity contribution is -0.124. The van der Waals surface area contributed by atoms with Gasteiger partial charge in [-0.25, -0.2) is 0 Å². The Balaban J connectivity index is 1.73. The summed E-state index contributed by atoms with van der Waals surface area (Å²) in [4.78, 5) is 13.8. The van der Waals surface area contributed by atoms with Crippen LogP contribution >= 0.6 is 0 Å². The first-order chi connectivity index (χ1) is 8.53. The predicted octanol–water partition coefficient (Wildman–Crippen LogP) is 0.0932. The number of morpholine rings is 1. The molecule has 3 unspecified atom stereocenters. The van der Waals surface area contributed by atoms with E-state index in [0.717, 1.165) is 32.5 Å². The van der Waals surface area contributed by atoms with E-state index < -0.39 is 5.54 Å². The third-order valence-corrected chi connectivity index (χ3v) is 4.37. The van der Waals surface area contributed by atoms with Gasteiger partial charge >= 0.3 is 0 Å². The maximum atomic E-state index is 11.4. The summed E-state index contributed by atoms with van der Waals surface area (Å²) in [5.41, 5.74) is 4.84. The van der Waals surface area contributed by atoms with Crippen LogP contribution in [0, 0.1) is 0 Å². The molecule has 104 valence electrons. The number of fused-ring (bicyclic) bond motifs is 2. The average molecular weight is 255 g/mol. The van der Waals surface area contributed by atoms with Crippen LogP contribution in [0.25, 0.3) is 0 Å². The highest BCUT2D eigenvalue weighted by molar-refractivity contribution is 5.84. The smallest absolute Gasteiger partial charge is 0.237 e. The van der Waals surface area contributed by atoms with E-state index >= 15 is 0 Å². The molecule has 2 aliphatic rings. The van der Waals surface area contributed by atoms with Crippen molar-refractivity contribution in [1.82, 2.24) is 10.2 Å². The number of hydrogen-bond acceptors (Lipinski definition) is 4. The van der Waals surface area contributed by atoms with Crippen molar-refractivity contribution in [2.75, 3.05) is 26.7 Å². The van der Waals surface area contributed by atoms with Crippen LogP contribution in [0.15, 0.2) is 0 Å². The number of carbonyl (C=O) groups is 1. The molecule has 0 aromatic rings. The van der Waals surface area contributed by atoms with Crippen LogP contribution in [0.3, 0.4) is 0 Å². The Hall–Kier alpha value is -0.650. The van der Waals surface area contributed by atoms with E-state index in [1.807, 2.05) is 6.92 Å². The summed E-state index contributed by atoms with van der Waals surface area (Å²) in [6.45, 7) is 4.99. The first kappa shape index (κ1) is 13.8. The second-order valence-electron chi connectivity index (χ2n) is 5.77. The fourth-order valence-corrected chi connectivity index (χ4v) is 2.91. The van der Waals surface area contributed by atoms with Gasteiger partial charge in [-0.3, -0.25) is 9.69 Å². The number of rotatable bonds is 6. The van der Waals surface area contributed by atoms with Crippen LogP contribution < -0.4 is 11.1 Å². The molecule has 5 nitrogen and oxygen atoms in total. The Morgan fingerprint density at radius 1 is 1.44 bits per heavy atom. The van der Waals surface area contributed by atoms with Gasteiger partial charge in [0.05, 0.1) is 17.7 Å². The number of nitrogens with one attached hydrogen (secondary N) is 1. The molecule has 5 heteroatoms. The van der Waals surface area contributed by atoms with Crippen molar-refractivity contribution < 1.29 is 9.53 Å². The largest absolute Gasteiger partial charge is 0.372 e. The molecule has 0 saturated carbocycles. The van der Waals surface area contributed by atoms with Gasteiger partial charge in [-0.05, 0) is 46.2 Å². The highest BCUT2D eigenvalue weighted by atomic mass is 16.5. The molecule has 1 amide bonds. The van der Waals surface area contributed by atoms with Crippen LogP contribution in [0.1, 0.15) is 32.6 Å². The number of carbonyl (C=O) groups excluding carboxylic acids is 1. The SMILES string of the molecule is CNC(C)(CCCN1CC2CCC(C1)O2)C(N)=O. The summed E-state index contributed by atoms with van der Waals surface area (Å²) >= 11 is 0. The number of nitrogens with zero attached hydrogens (tertiary/aromatic N) is 1. The Bertz CT molecular complexity index is 299. The van der Waals surface area contributed by atoms with Crippen molar-refractivity contribution in [2.45, 2.75) is 50.4 Å². The van der Waals surface area contributed by atoms with Crippen molar-refractivity contribution in [3.8, 4) is 0 Å². The van der Waals surface area contributed by atoms with Gasteiger partial charge in [0.15, 0.2) is 0 Å². The lowest BCUT2D eigenvalue weighted by atomic mass is 9.95. The molecular weight excluding hydrogens is 230 g/mol. The molecule has 2 saturated heterocycles. The number of likely N-dealkylation sites (tertiary alicyclic amines) is 1. The third-order valence-electron chi connectivity index (χ3n) is 4.37. The standard InChI is InChI=1S/C13H25N3O2/c1-13(15-2,12(14)17)6-3-7-16-8-10-4-5-11(9-16)18-10/h10-11,15H,3-9H2,1-2H3,(H2,14,17). The summed E-state index contributed by atoms with van der Waals surface area (Å²) in [7, 11) is 1.79. The number of primary amides is 1. The summed E-state index contributed by atoms with van der Waals surface area (Å²) in [6, 6.07) is 0. The summed E-state index contributed by atoms with van der Waals surface area (Å²) in [5.74, 6) is -0.271. The van der Waals surface area contributed by atoms with Crippen LogP contribution in [0.5, 0.6) is 0 Å². The molecule has 0 spiro atoms. The fourth-order valence-electron chi connectivity index (χ4n) is 2.91. The van der Waals surface area contributed by atoms with Gasteiger partial charge in [-0.15, -0.1) is 0 Å². The van der Waals surface area contributed by atoms with E-state index in [1.165, 1.54) is 12.8 Å². The molecule has 3 atom stereocenters. The molecule has 2 heterocycles. The zero-order chi connectivity index (χ0) is 13.2. The van der Waals surface area contributed by atoms with Crippen molar-refractivity contribution in [3.05, 3.63) is 0 Å². The Morgan fingerprint density at radius 2 is 2.06 bits per heavy atom. The monoisotopic (exact) mass is 255 g/mol. The number of ether oxygens (including phenoxy) is 1. The van der Waals surface area contributed by atoms with Crippen LogP contribution in [0.2, 0.25) is 0 Å². The van der Waals surface area contributed by atoms with E-state index in [-0.39, 0.29) is 5.91 Å². The lowest BCUT2D eigenvalue weighted by Gasteiger charge is -2.33. The van der Waals surface area contributed by atoms with E-state index in [1.54, 1.807) is 7.05 Å². The molecular formula is C13H25N3O2. The number of likely N-dealkylation sites (N-methyl/N-ethyl adjacent to an activating group) is 1. The molecule has 0 radical (unpaired) electrons. The third kappa shape index (κ3) is 3.02. The first-order valence-corrected chi connectivity index (χ1v) is 6.90. The van der Waals surface area contributed by atoms with Gasteiger partial charge in [0.1, 0.15) is 0 Å². The number of nitrogens with two attached hydrogens (primary N) is 1. The maximum absolute atomic E-state index is 11.4. The van der Waals surface area contributed by atoms with E-state index in [4.69, 9.17) is 10.5 Å². The van der Waals surface area contributed by atoms with E-state index in [2.05, 4.69) is 10.2 Å². The van der Waals surface area contributed by atoms with Crippen LogP contribution in [-0.2, 0) is 9.53 Å². The molecule has 2 aliphatic heterocycles. The molecule has 18 heavy (non-hydrogen) atoms. The summed E-state index contributed by atoms with van der Waals surface area (Å²) in [6.07, 6.45) is 5.06. The molecule has 3 N–H and O–H groups in total. The van der Waals surface area contributed by atoms with Gasteiger partial charge in [0, 0.05) is 13.1 Å². The molecule has 2 fully saturated rings. The Labute approximate surface area is 109 Å². The molecule has 2 rings (SSSR count). The Kier molecular flexibility index (Phi) is 4.25. The minimum Gasteiger partial charge on any atom is -0.372 e. The quantitative estimate of drug-likeness (QED) is 0.706. The molecule has 0 aromatic heterocycles. The van der Waals surface area contributed by atoms with Gasteiger partial charge in [-0.1, -0.05) is 0 Å². The fraction of sp³-hybridized carbons (Fsp3) is 0.923. The van der Waals surface area contributed by atoms with Gasteiger partial charge in [-0.2, -0.15) is 0 Å². The van der Waals surface area contributed by atoms with Gasteiger partial charge < -0.3 is 15.8 Å². The zero-order valence-electron chi connectivity index (χ0n) is 11.4. The molecule has 2 bridgehead atoms.